The van der Waals surface area contributed by atoms with Crippen molar-refractivity contribution >= 4 is 21.4 Å². The molecule has 1 saturated heterocycles. The molecule has 0 bridgehead atoms. The Morgan fingerprint density at radius 2 is 2.05 bits per heavy atom. The van der Waals surface area contributed by atoms with E-state index in [0.29, 0.717) is 12.0 Å². The third-order valence-electron chi connectivity index (χ3n) is 3.46. The summed E-state index contributed by atoms with van der Waals surface area (Å²) < 4.78 is 23.1. The van der Waals surface area contributed by atoms with Crippen LogP contribution in [0.4, 0.5) is 5.69 Å². The van der Waals surface area contributed by atoms with Crippen molar-refractivity contribution < 1.29 is 13.2 Å². The fourth-order valence-electron chi connectivity index (χ4n) is 2.48. The van der Waals surface area contributed by atoms with Gasteiger partial charge in [-0.2, -0.15) is 0 Å². The van der Waals surface area contributed by atoms with E-state index in [2.05, 4.69) is 10.6 Å². The fraction of sp³-hybridized carbons (Fsp3) is 0.500. The Morgan fingerprint density at radius 1 is 1.35 bits per heavy atom. The third-order valence-corrected chi connectivity index (χ3v) is 5.36. The summed E-state index contributed by atoms with van der Waals surface area (Å²) in [6.07, 6.45) is 0.463. The summed E-state index contributed by atoms with van der Waals surface area (Å²) >= 11 is 0. The van der Waals surface area contributed by atoms with Crippen LogP contribution in [0.2, 0.25) is 0 Å². The second-order valence-electron chi connectivity index (χ2n) is 5.43. The topological polar surface area (TPSA) is 75.3 Å². The molecule has 1 atom stereocenters. The van der Waals surface area contributed by atoms with Gasteiger partial charge in [-0.15, -0.1) is 0 Å². The van der Waals surface area contributed by atoms with Gasteiger partial charge in [-0.3, -0.25) is 4.79 Å². The van der Waals surface area contributed by atoms with Crippen LogP contribution >= 0.6 is 0 Å². The van der Waals surface area contributed by atoms with E-state index in [1.165, 1.54) is 0 Å². The molecular formula is C14H20N2O3S. The molecule has 20 heavy (non-hydrogen) atoms. The van der Waals surface area contributed by atoms with Crippen molar-refractivity contribution in [1.82, 2.24) is 5.32 Å². The minimum Gasteiger partial charge on any atom is -0.385 e. The Morgan fingerprint density at radius 3 is 2.65 bits per heavy atom. The minimum absolute atomic E-state index is 0.00904. The van der Waals surface area contributed by atoms with Crippen molar-refractivity contribution in [2.45, 2.75) is 25.8 Å². The van der Waals surface area contributed by atoms with E-state index in [-0.39, 0.29) is 17.4 Å². The lowest BCUT2D eigenvalue weighted by molar-refractivity contribution is 0.0916. The lowest BCUT2D eigenvalue weighted by Gasteiger charge is -2.24. The Labute approximate surface area is 119 Å². The lowest BCUT2D eigenvalue weighted by Crippen LogP contribution is -2.47. The highest BCUT2D eigenvalue weighted by Crippen LogP contribution is 2.24. The standard InChI is InChI=1S/C14H20N2O3S/c1-3-15-12-7-5-4-6-11(12)13(17)16-14(2)8-9-20(18,19)10-14/h4-7,15H,3,8-10H2,1-2H3,(H,16,17). The van der Waals surface area contributed by atoms with Crippen LogP contribution in [-0.4, -0.2) is 37.9 Å². The summed E-state index contributed by atoms with van der Waals surface area (Å²) in [6, 6.07) is 7.23. The average Bonchev–Trinajstić information content (AvgIpc) is 2.64. The van der Waals surface area contributed by atoms with E-state index in [1.807, 2.05) is 19.1 Å². The Bertz CT molecular complexity index is 613. The molecule has 1 aliphatic rings. The summed E-state index contributed by atoms with van der Waals surface area (Å²) in [5.41, 5.74) is 0.631. The molecule has 1 aliphatic heterocycles. The zero-order valence-corrected chi connectivity index (χ0v) is 12.6. The van der Waals surface area contributed by atoms with Crippen LogP contribution in [0.25, 0.3) is 0 Å². The van der Waals surface area contributed by atoms with Crippen LogP contribution in [0.3, 0.4) is 0 Å². The maximum absolute atomic E-state index is 12.4. The number of para-hydroxylation sites is 1. The zero-order valence-electron chi connectivity index (χ0n) is 11.8. The number of anilines is 1. The number of sulfone groups is 1. The molecule has 6 heteroatoms. The SMILES string of the molecule is CCNc1ccccc1C(=O)NC1(C)CCS(=O)(=O)C1. The number of rotatable bonds is 4. The van der Waals surface area contributed by atoms with Gasteiger partial charge in [0.05, 0.1) is 22.6 Å². The van der Waals surface area contributed by atoms with Gasteiger partial charge in [-0.1, -0.05) is 12.1 Å². The first-order chi connectivity index (χ1) is 9.35. The number of hydrogen-bond acceptors (Lipinski definition) is 4. The molecule has 0 aliphatic carbocycles. The highest BCUT2D eigenvalue weighted by molar-refractivity contribution is 7.91. The third kappa shape index (κ3) is 3.30. The highest BCUT2D eigenvalue weighted by atomic mass is 32.2. The van der Waals surface area contributed by atoms with Gasteiger partial charge in [-0.25, -0.2) is 8.42 Å². The summed E-state index contributed by atoms with van der Waals surface area (Å²) in [4.78, 5) is 12.4. The van der Waals surface area contributed by atoms with Gasteiger partial charge >= 0.3 is 0 Å². The van der Waals surface area contributed by atoms with Crippen molar-refractivity contribution in [1.29, 1.82) is 0 Å². The first-order valence-electron chi connectivity index (χ1n) is 6.71. The Hall–Kier alpha value is -1.56. The molecule has 0 radical (unpaired) electrons. The van der Waals surface area contributed by atoms with Crippen LogP contribution in [0.15, 0.2) is 24.3 Å². The maximum Gasteiger partial charge on any atom is 0.253 e. The van der Waals surface area contributed by atoms with Gasteiger partial charge in [0.15, 0.2) is 9.84 Å². The predicted molar refractivity (Wildman–Crippen MR) is 79.7 cm³/mol. The average molecular weight is 296 g/mol. The number of carbonyl (C=O) groups excluding carboxylic acids is 1. The largest absolute Gasteiger partial charge is 0.385 e. The van der Waals surface area contributed by atoms with E-state index in [9.17, 15) is 13.2 Å². The lowest BCUT2D eigenvalue weighted by atomic mass is 10.0. The van der Waals surface area contributed by atoms with Crippen LogP contribution in [0, 0.1) is 0 Å². The molecule has 0 aromatic heterocycles. The molecule has 1 amide bonds. The minimum atomic E-state index is -3.03. The van der Waals surface area contributed by atoms with E-state index in [4.69, 9.17) is 0 Å². The number of amides is 1. The molecule has 0 spiro atoms. The highest BCUT2D eigenvalue weighted by Gasteiger charge is 2.39. The van der Waals surface area contributed by atoms with E-state index in [0.717, 1.165) is 12.2 Å². The normalized spacial score (nSPS) is 24.3. The summed E-state index contributed by atoms with van der Waals surface area (Å²) in [5, 5.41) is 6.00. The molecular weight excluding hydrogens is 276 g/mol. The molecule has 110 valence electrons. The molecule has 0 saturated carbocycles. The molecule has 5 nitrogen and oxygen atoms in total. The maximum atomic E-state index is 12.4. The fourth-order valence-corrected chi connectivity index (χ4v) is 4.57. The van der Waals surface area contributed by atoms with Gasteiger partial charge in [0.25, 0.3) is 5.91 Å². The number of hydrogen-bond donors (Lipinski definition) is 2. The predicted octanol–water partition coefficient (Wildman–Crippen LogP) is 1.43. The molecule has 1 aromatic rings. The Kier molecular flexibility index (Phi) is 4.04. The molecule has 2 rings (SSSR count). The second-order valence-corrected chi connectivity index (χ2v) is 7.62. The van der Waals surface area contributed by atoms with Crippen molar-refractivity contribution in [3.8, 4) is 0 Å². The zero-order chi connectivity index (χ0) is 14.8. The first kappa shape index (κ1) is 14.8. The molecule has 1 heterocycles. The summed E-state index contributed by atoms with van der Waals surface area (Å²) in [5.74, 6) is -0.0885. The molecule has 2 N–H and O–H groups in total. The van der Waals surface area contributed by atoms with Crippen molar-refractivity contribution in [3.05, 3.63) is 29.8 Å². The first-order valence-corrected chi connectivity index (χ1v) is 8.53. The molecule has 1 unspecified atom stereocenters. The number of benzene rings is 1. The van der Waals surface area contributed by atoms with Crippen LogP contribution in [0.1, 0.15) is 30.6 Å². The van der Waals surface area contributed by atoms with Crippen LogP contribution < -0.4 is 10.6 Å². The van der Waals surface area contributed by atoms with E-state index >= 15 is 0 Å². The van der Waals surface area contributed by atoms with Gasteiger partial charge in [0.1, 0.15) is 0 Å². The van der Waals surface area contributed by atoms with E-state index in [1.54, 1.807) is 19.1 Å². The summed E-state index contributed by atoms with van der Waals surface area (Å²) in [7, 11) is -3.03. The molecule has 1 fully saturated rings. The Balaban J connectivity index is 2.17. The van der Waals surface area contributed by atoms with Gasteiger partial charge in [0.2, 0.25) is 0 Å². The van der Waals surface area contributed by atoms with Crippen molar-refractivity contribution in [3.63, 3.8) is 0 Å². The van der Waals surface area contributed by atoms with E-state index < -0.39 is 15.4 Å². The monoisotopic (exact) mass is 296 g/mol. The molecule has 1 aromatic carbocycles. The summed E-state index contributed by atoms with van der Waals surface area (Å²) in [6.45, 7) is 4.46. The van der Waals surface area contributed by atoms with Crippen molar-refractivity contribution in [2.24, 2.45) is 0 Å². The second kappa shape index (κ2) is 5.44. The van der Waals surface area contributed by atoms with Gasteiger partial charge in [-0.05, 0) is 32.4 Å². The number of carbonyl (C=O) groups is 1. The smallest absolute Gasteiger partial charge is 0.253 e. The van der Waals surface area contributed by atoms with Crippen LogP contribution in [0.5, 0.6) is 0 Å². The van der Waals surface area contributed by atoms with Gasteiger partial charge in [0, 0.05) is 12.2 Å². The van der Waals surface area contributed by atoms with Crippen molar-refractivity contribution in [2.75, 3.05) is 23.4 Å². The quantitative estimate of drug-likeness (QED) is 0.881. The van der Waals surface area contributed by atoms with Gasteiger partial charge < -0.3 is 10.6 Å². The number of nitrogens with one attached hydrogen (secondary N) is 2. The van der Waals surface area contributed by atoms with Crippen LogP contribution in [-0.2, 0) is 9.84 Å².